The lowest BCUT2D eigenvalue weighted by Gasteiger charge is -2.15. The van der Waals surface area contributed by atoms with Crippen LogP contribution in [0.5, 0.6) is 5.75 Å². The molecule has 0 bridgehead atoms. The van der Waals surface area contributed by atoms with Crippen molar-refractivity contribution in [2.75, 3.05) is 11.9 Å². The largest absolute Gasteiger partial charge is 0.483 e. The van der Waals surface area contributed by atoms with Crippen molar-refractivity contribution in [1.82, 2.24) is 4.98 Å². The van der Waals surface area contributed by atoms with Gasteiger partial charge in [-0.1, -0.05) is 19.1 Å². The van der Waals surface area contributed by atoms with Crippen LogP contribution in [0.2, 0.25) is 0 Å². The minimum atomic E-state index is -0.162. The monoisotopic (exact) mass is 330 g/mol. The highest BCUT2D eigenvalue weighted by Gasteiger charge is 2.20. The van der Waals surface area contributed by atoms with Gasteiger partial charge in [0.1, 0.15) is 5.75 Å². The Morgan fingerprint density at radius 3 is 3.09 bits per heavy atom. The van der Waals surface area contributed by atoms with E-state index in [-0.39, 0.29) is 12.5 Å². The van der Waals surface area contributed by atoms with Gasteiger partial charge < -0.3 is 4.74 Å². The van der Waals surface area contributed by atoms with Crippen molar-refractivity contribution in [1.29, 1.82) is 0 Å². The third kappa shape index (κ3) is 3.72. The van der Waals surface area contributed by atoms with Crippen LogP contribution < -0.4 is 10.1 Å². The summed E-state index contributed by atoms with van der Waals surface area (Å²) in [4.78, 5) is 17.9. The molecule has 2 aromatic rings. The summed E-state index contributed by atoms with van der Waals surface area (Å²) in [6.07, 6.45) is 3.27. The highest BCUT2D eigenvalue weighted by atomic mass is 32.1. The SMILES string of the molecule is Cc1cccc(OCC(=O)Nc2nc3c(s2)CC(C)CC3)c1C. The molecular weight excluding hydrogens is 308 g/mol. The van der Waals surface area contributed by atoms with Crippen LogP contribution >= 0.6 is 11.3 Å². The molecule has 23 heavy (non-hydrogen) atoms. The smallest absolute Gasteiger partial charge is 0.264 e. The van der Waals surface area contributed by atoms with Crippen LogP contribution in [0, 0.1) is 19.8 Å². The van der Waals surface area contributed by atoms with E-state index in [0.717, 1.165) is 35.4 Å². The molecule has 1 unspecified atom stereocenters. The minimum Gasteiger partial charge on any atom is -0.483 e. The number of hydrogen-bond acceptors (Lipinski definition) is 4. The Bertz CT molecular complexity index is 724. The number of nitrogens with one attached hydrogen (secondary N) is 1. The zero-order valence-corrected chi connectivity index (χ0v) is 14.6. The number of rotatable bonds is 4. The number of amides is 1. The number of hydrogen-bond donors (Lipinski definition) is 1. The molecule has 0 saturated carbocycles. The molecule has 1 atom stereocenters. The average Bonchev–Trinajstić information content (AvgIpc) is 2.90. The van der Waals surface area contributed by atoms with Gasteiger partial charge in [0.25, 0.3) is 5.91 Å². The van der Waals surface area contributed by atoms with Crippen molar-refractivity contribution in [3.05, 3.63) is 39.9 Å². The fraction of sp³-hybridized carbons (Fsp3) is 0.444. The van der Waals surface area contributed by atoms with Crippen LogP contribution in [0.1, 0.15) is 35.0 Å². The van der Waals surface area contributed by atoms with Crippen molar-refractivity contribution in [3.8, 4) is 5.75 Å². The summed E-state index contributed by atoms with van der Waals surface area (Å²) >= 11 is 1.60. The van der Waals surface area contributed by atoms with Crippen molar-refractivity contribution in [2.24, 2.45) is 5.92 Å². The molecule has 0 spiro atoms. The molecule has 122 valence electrons. The molecule has 0 saturated heterocycles. The molecule has 1 N–H and O–H groups in total. The van der Waals surface area contributed by atoms with E-state index in [2.05, 4.69) is 17.2 Å². The second kappa shape index (κ2) is 6.71. The lowest BCUT2D eigenvalue weighted by molar-refractivity contribution is -0.118. The standard InChI is InChI=1S/C18H22N2O2S/c1-11-7-8-14-16(9-11)23-18(19-14)20-17(21)10-22-15-6-4-5-12(2)13(15)3/h4-6,11H,7-10H2,1-3H3,(H,19,20,21). The van der Waals surface area contributed by atoms with Crippen molar-refractivity contribution >= 4 is 22.4 Å². The molecule has 0 aliphatic heterocycles. The van der Waals surface area contributed by atoms with Crippen LogP contribution in [0.3, 0.4) is 0 Å². The number of aryl methyl sites for hydroxylation is 2. The predicted octanol–water partition coefficient (Wildman–Crippen LogP) is 3.90. The van der Waals surface area contributed by atoms with Gasteiger partial charge in [0.15, 0.2) is 11.7 Å². The Balaban J connectivity index is 1.58. The van der Waals surface area contributed by atoms with E-state index in [1.807, 2.05) is 32.0 Å². The highest BCUT2D eigenvalue weighted by Crippen LogP contribution is 2.32. The maximum absolute atomic E-state index is 12.1. The maximum Gasteiger partial charge on any atom is 0.264 e. The van der Waals surface area contributed by atoms with Gasteiger partial charge in [-0.2, -0.15) is 0 Å². The number of nitrogens with zero attached hydrogens (tertiary/aromatic N) is 1. The van der Waals surface area contributed by atoms with Crippen LogP contribution in [0.25, 0.3) is 0 Å². The molecule has 1 aliphatic rings. The average molecular weight is 330 g/mol. The summed E-state index contributed by atoms with van der Waals surface area (Å²) in [6.45, 7) is 6.30. The number of aromatic nitrogens is 1. The summed E-state index contributed by atoms with van der Waals surface area (Å²) in [5, 5.41) is 3.55. The first kappa shape index (κ1) is 16.0. The first-order valence-electron chi connectivity index (χ1n) is 8.00. The van der Waals surface area contributed by atoms with Crippen molar-refractivity contribution in [2.45, 2.75) is 40.0 Å². The third-order valence-electron chi connectivity index (χ3n) is 4.35. The molecular formula is C18H22N2O2S. The first-order valence-corrected chi connectivity index (χ1v) is 8.82. The van der Waals surface area contributed by atoms with E-state index in [9.17, 15) is 4.79 Å². The Morgan fingerprint density at radius 2 is 2.26 bits per heavy atom. The van der Waals surface area contributed by atoms with E-state index in [0.29, 0.717) is 11.0 Å². The van der Waals surface area contributed by atoms with E-state index >= 15 is 0 Å². The normalized spacial score (nSPS) is 16.7. The van der Waals surface area contributed by atoms with Gasteiger partial charge in [-0.25, -0.2) is 4.98 Å². The Labute approximate surface area is 140 Å². The number of ether oxygens (including phenoxy) is 1. The summed E-state index contributed by atoms with van der Waals surface area (Å²) in [7, 11) is 0. The fourth-order valence-corrected chi connectivity index (χ4v) is 3.96. The van der Waals surface area contributed by atoms with Crippen LogP contribution in [-0.4, -0.2) is 17.5 Å². The summed E-state index contributed by atoms with van der Waals surface area (Å²) < 4.78 is 5.64. The van der Waals surface area contributed by atoms with Gasteiger partial charge in [0, 0.05) is 4.88 Å². The van der Waals surface area contributed by atoms with Crippen LogP contribution in [0.15, 0.2) is 18.2 Å². The number of anilines is 1. The zero-order valence-electron chi connectivity index (χ0n) is 13.8. The number of carbonyl (C=O) groups is 1. The van der Waals surface area contributed by atoms with Crippen LogP contribution in [-0.2, 0) is 17.6 Å². The molecule has 1 aromatic heterocycles. The first-order chi connectivity index (χ1) is 11.0. The summed E-state index contributed by atoms with van der Waals surface area (Å²) in [5.41, 5.74) is 3.38. The third-order valence-corrected chi connectivity index (χ3v) is 5.38. The maximum atomic E-state index is 12.1. The molecule has 1 aromatic carbocycles. The summed E-state index contributed by atoms with van der Waals surface area (Å²) in [6, 6.07) is 5.86. The molecule has 1 heterocycles. The number of benzene rings is 1. The number of carbonyl (C=O) groups excluding carboxylic acids is 1. The minimum absolute atomic E-state index is 0.00490. The molecule has 0 radical (unpaired) electrons. The van der Waals surface area contributed by atoms with Gasteiger partial charge in [-0.3, -0.25) is 10.1 Å². The zero-order chi connectivity index (χ0) is 16.4. The van der Waals surface area contributed by atoms with Gasteiger partial charge in [-0.15, -0.1) is 11.3 Å². The van der Waals surface area contributed by atoms with E-state index < -0.39 is 0 Å². The molecule has 1 aliphatic carbocycles. The number of fused-ring (bicyclic) bond motifs is 1. The molecule has 5 heteroatoms. The Hall–Kier alpha value is -1.88. The van der Waals surface area contributed by atoms with Gasteiger partial charge >= 0.3 is 0 Å². The van der Waals surface area contributed by atoms with E-state index in [1.165, 1.54) is 11.3 Å². The van der Waals surface area contributed by atoms with Crippen molar-refractivity contribution in [3.63, 3.8) is 0 Å². The Morgan fingerprint density at radius 1 is 1.43 bits per heavy atom. The fourth-order valence-electron chi connectivity index (χ4n) is 2.77. The molecule has 4 nitrogen and oxygen atoms in total. The van der Waals surface area contributed by atoms with E-state index in [4.69, 9.17) is 4.74 Å². The molecule has 0 fully saturated rings. The lowest BCUT2D eigenvalue weighted by Crippen LogP contribution is -2.20. The van der Waals surface area contributed by atoms with Gasteiger partial charge in [0.05, 0.1) is 5.69 Å². The second-order valence-corrected chi connectivity index (χ2v) is 7.36. The van der Waals surface area contributed by atoms with Crippen LogP contribution in [0.4, 0.5) is 5.13 Å². The summed E-state index contributed by atoms with van der Waals surface area (Å²) in [5.74, 6) is 1.30. The number of thiazole rings is 1. The molecule has 1 amide bonds. The molecule has 3 rings (SSSR count). The van der Waals surface area contributed by atoms with E-state index in [1.54, 1.807) is 11.3 Å². The van der Waals surface area contributed by atoms with Gasteiger partial charge in [-0.05, 0) is 56.2 Å². The van der Waals surface area contributed by atoms with Crippen molar-refractivity contribution < 1.29 is 9.53 Å². The lowest BCUT2D eigenvalue weighted by atomic mass is 9.93. The quantitative estimate of drug-likeness (QED) is 0.925. The van der Waals surface area contributed by atoms with Gasteiger partial charge in [0.2, 0.25) is 0 Å². The predicted molar refractivity (Wildman–Crippen MR) is 93.3 cm³/mol. The topological polar surface area (TPSA) is 51.2 Å². The Kier molecular flexibility index (Phi) is 4.66. The highest BCUT2D eigenvalue weighted by molar-refractivity contribution is 7.15. The second-order valence-electron chi connectivity index (χ2n) is 6.27.